The van der Waals surface area contributed by atoms with E-state index in [9.17, 15) is 19.5 Å². The molecule has 4 N–H and O–H groups in total. The molecule has 0 aliphatic carbocycles. The number of nitrogens with two attached hydrogens (primary N) is 1. The molecule has 9 heteroatoms. The van der Waals surface area contributed by atoms with Crippen LogP contribution in [0.1, 0.15) is 13.8 Å². The monoisotopic (exact) mass is 251 g/mol. The Kier molecular flexibility index (Phi) is 5.51. The van der Waals surface area contributed by atoms with Crippen LogP contribution in [0.2, 0.25) is 0 Å². The third kappa shape index (κ3) is 5.24. The minimum Gasteiger partial charge on any atom is -0.421 e. The van der Waals surface area contributed by atoms with Crippen LogP contribution in [0.15, 0.2) is 0 Å². The topological polar surface area (TPSA) is 145 Å². The van der Waals surface area contributed by atoms with E-state index >= 15 is 0 Å². The summed E-state index contributed by atoms with van der Waals surface area (Å²) in [5.41, 5.74) is 4.89. The lowest BCUT2D eigenvalue weighted by Crippen LogP contribution is -2.43. The summed E-state index contributed by atoms with van der Waals surface area (Å²) in [7, 11) is 0. The number of aliphatic hydroxyl groups excluding tert-OH is 1. The first-order valence-corrected chi connectivity index (χ1v) is 4.46. The average Bonchev–Trinajstić information content (AvgIpc) is 2.24. The predicted molar refractivity (Wildman–Crippen MR) is 49.6 cm³/mol. The Bertz CT molecular complexity index is 311. The minimum absolute atomic E-state index is 0.559. The van der Waals surface area contributed by atoms with Gasteiger partial charge in [0.2, 0.25) is 0 Å². The van der Waals surface area contributed by atoms with Crippen molar-refractivity contribution in [2.24, 2.45) is 5.73 Å². The third-order valence-electron chi connectivity index (χ3n) is 1.40. The highest BCUT2D eigenvalue weighted by Crippen LogP contribution is 2.09. The van der Waals surface area contributed by atoms with Crippen LogP contribution in [0, 0.1) is 0 Å². The molecule has 0 aliphatic heterocycles. The fourth-order valence-corrected chi connectivity index (χ4v) is 0.531. The van der Waals surface area contributed by atoms with Crippen LogP contribution in [0.4, 0.5) is 0 Å². The molecule has 0 bridgehead atoms. The van der Waals surface area contributed by atoms with Gasteiger partial charge in [0.05, 0.1) is 6.54 Å². The highest BCUT2D eigenvalue weighted by atomic mass is 17.2. The minimum atomic E-state index is -2.64. The Morgan fingerprint density at radius 2 is 1.88 bits per heavy atom. The zero-order valence-corrected chi connectivity index (χ0v) is 9.21. The van der Waals surface area contributed by atoms with Gasteiger partial charge in [-0.15, -0.1) is 0 Å². The molecule has 0 aliphatic rings. The second-order valence-electron chi connectivity index (χ2n) is 3.11. The highest BCUT2D eigenvalue weighted by molar-refractivity contribution is 5.82. The van der Waals surface area contributed by atoms with Crippen molar-refractivity contribution in [2.45, 2.75) is 25.7 Å². The van der Waals surface area contributed by atoms with Crippen molar-refractivity contribution in [2.75, 3.05) is 6.54 Å². The summed E-state index contributed by atoms with van der Waals surface area (Å²) in [6.45, 7) is 1.30. The number of carbonyl (C=O) groups excluding carboxylic acids is 3. The van der Waals surface area contributed by atoms with Gasteiger partial charge in [-0.05, 0) is 6.92 Å². The molecule has 98 valence electrons. The van der Waals surface area contributed by atoms with Gasteiger partial charge >= 0.3 is 23.7 Å². The van der Waals surface area contributed by atoms with Crippen LogP contribution in [0.3, 0.4) is 0 Å². The second kappa shape index (κ2) is 6.13. The molecule has 2 atom stereocenters. The van der Waals surface area contributed by atoms with Crippen LogP contribution in [0.25, 0.3) is 0 Å². The molecule has 0 radical (unpaired) electrons. The van der Waals surface area contributed by atoms with Crippen molar-refractivity contribution in [3.63, 3.8) is 0 Å². The number of carbonyl (C=O) groups is 3. The van der Waals surface area contributed by atoms with Crippen molar-refractivity contribution in [1.29, 1.82) is 0 Å². The smallest absolute Gasteiger partial charge is 0.421 e. The summed E-state index contributed by atoms with van der Waals surface area (Å²) in [5.74, 6) is -6.50. The second-order valence-corrected chi connectivity index (χ2v) is 3.11. The summed E-state index contributed by atoms with van der Waals surface area (Å²) < 4.78 is 4.20. The summed E-state index contributed by atoms with van der Waals surface area (Å²) in [5, 5.41) is 18.0. The van der Waals surface area contributed by atoms with Gasteiger partial charge in [0.25, 0.3) is 0 Å². The van der Waals surface area contributed by atoms with E-state index < -0.39 is 36.3 Å². The molecule has 0 saturated heterocycles. The van der Waals surface area contributed by atoms with Gasteiger partial charge in [-0.2, -0.15) is 0 Å². The van der Waals surface area contributed by atoms with E-state index in [0.717, 1.165) is 13.8 Å². The van der Waals surface area contributed by atoms with Gasteiger partial charge in [-0.1, -0.05) is 0 Å². The standard InChI is InChI=1S/C8H13NO8/c1-4(10)6(12)16-17-7(13)8(2,14)15-5(11)3-9/h4,10,14H,3,9H2,1-2H3. The molecule has 0 heterocycles. The van der Waals surface area contributed by atoms with E-state index in [1.54, 1.807) is 0 Å². The van der Waals surface area contributed by atoms with E-state index in [1.807, 2.05) is 0 Å². The number of hydrogen-bond donors (Lipinski definition) is 3. The average molecular weight is 251 g/mol. The summed E-state index contributed by atoms with van der Waals surface area (Å²) in [4.78, 5) is 40.2. The van der Waals surface area contributed by atoms with Gasteiger partial charge in [0.1, 0.15) is 0 Å². The molecule has 0 aromatic rings. The molecule has 0 aromatic heterocycles. The normalized spacial score (nSPS) is 15.4. The number of hydrogen-bond acceptors (Lipinski definition) is 9. The van der Waals surface area contributed by atoms with Crippen LogP contribution >= 0.6 is 0 Å². The van der Waals surface area contributed by atoms with Gasteiger partial charge in [0.15, 0.2) is 6.10 Å². The van der Waals surface area contributed by atoms with Crippen LogP contribution in [-0.4, -0.2) is 46.6 Å². The zero-order chi connectivity index (χ0) is 13.6. The van der Waals surface area contributed by atoms with Crippen LogP contribution < -0.4 is 5.73 Å². The fraction of sp³-hybridized carbons (Fsp3) is 0.625. The van der Waals surface area contributed by atoms with E-state index in [1.165, 1.54) is 0 Å². The van der Waals surface area contributed by atoms with Crippen molar-refractivity contribution < 1.29 is 39.1 Å². The first kappa shape index (κ1) is 15.3. The molecule has 0 rings (SSSR count). The molecule has 2 unspecified atom stereocenters. The number of rotatable bonds is 4. The summed E-state index contributed by atoms with van der Waals surface area (Å²) in [6.07, 6.45) is -1.51. The first-order chi connectivity index (χ1) is 7.70. The van der Waals surface area contributed by atoms with Crippen molar-refractivity contribution >= 4 is 17.9 Å². The lowest BCUT2D eigenvalue weighted by molar-refractivity contribution is -0.291. The predicted octanol–water partition coefficient (Wildman–Crippen LogP) is -2.42. The fourth-order valence-electron chi connectivity index (χ4n) is 0.531. The van der Waals surface area contributed by atoms with Gasteiger partial charge in [0, 0.05) is 6.92 Å². The van der Waals surface area contributed by atoms with Crippen LogP contribution in [-0.2, 0) is 28.9 Å². The highest BCUT2D eigenvalue weighted by Gasteiger charge is 2.38. The molecule has 0 fully saturated rings. The summed E-state index contributed by atoms with van der Waals surface area (Å²) >= 11 is 0. The van der Waals surface area contributed by atoms with E-state index in [0.29, 0.717) is 0 Å². The van der Waals surface area contributed by atoms with E-state index in [-0.39, 0.29) is 0 Å². The molecule has 17 heavy (non-hydrogen) atoms. The number of ether oxygens (including phenoxy) is 1. The Morgan fingerprint density at radius 3 is 2.29 bits per heavy atom. The maximum atomic E-state index is 11.1. The molecule has 9 nitrogen and oxygen atoms in total. The first-order valence-electron chi connectivity index (χ1n) is 4.46. The number of aliphatic hydroxyl groups is 2. The maximum absolute atomic E-state index is 11.1. The molecular weight excluding hydrogens is 238 g/mol. The van der Waals surface area contributed by atoms with Crippen molar-refractivity contribution in [3.05, 3.63) is 0 Å². The summed E-state index contributed by atoms with van der Waals surface area (Å²) in [6, 6.07) is 0. The molecule has 0 aromatic carbocycles. The quantitative estimate of drug-likeness (QED) is 0.215. The molecule has 0 spiro atoms. The Hall–Kier alpha value is -1.71. The number of esters is 1. The SMILES string of the molecule is CC(O)C(=O)OOC(=O)C(C)(O)OC(=O)CN. The van der Waals surface area contributed by atoms with Crippen LogP contribution in [0.5, 0.6) is 0 Å². The van der Waals surface area contributed by atoms with E-state index in [2.05, 4.69) is 14.5 Å². The molecular formula is C8H13NO8. The lowest BCUT2D eigenvalue weighted by Gasteiger charge is -2.19. The largest absolute Gasteiger partial charge is 0.426 e. The van der Waals surface area contributed by atoms with Gasteiger partial charge in [-0.3, -0.25) is 4.79 Å². The Balaban J connectivity index is 4.30. The maximum Gasteiger partial charge on any atom is 0.426 e. The van der Waals surface area contributed by atoms with Crippen molar-refractivity contribution in [1.82, 2.24) is 0 Å². The zero-order valence-electron chi connectivity index (χ0n) is 9.21. The van der Waals surface area contributed by atoms with Gasteiger partial charge in [-0.25, -0.2) is 19.4 Å². The molecule has 0 saturated carbocycles. The lowest BCUT2D eigenvalue weighted by atomic mass is 10.3. The Morgan fingerprint density at radius 1 is 1.35 bits per heavy atom. The van der Waals surface area contributed by atoms with Gasteiger partial charge < -0.3 is 20.7 Å². The Labute approximate surface area is 96.0 Å². The van der Waals surface area contributed by atoms with E-state index in [4.69, 9.17) is 10.8 Å². The molecule has 0 amide bonds. The third-order valence-corrected chi connectivity index (χ3v) is 1.40. The van der Waals surface area contributed by atoms with Crippen molar-refractivity contribution in [3.8, 4) is 0 Å².